The van der Waals surface area contributed by atoms with Crippen LogP contribution >= 0.6 is 0 Å². The van der Waals surface area contributed by atoms with Gasteiger partial charge in [0.25, 0.3) is 20.2 Å². The van der Waals surface area contributed by atoms with Crippen molar-refractivity contribution in [1.29, 1.82) is 0 Å². The van der Waals surface area contributed by atoms with Crippen molar-refractivity contribution in [2.24, 2.45) is 10.2 Å². The van der Waals surface area contributed by atoms with Crippen LogP contribution in [0.1, 0.15) is 5.69 Å². The minimum Gasteiger partial charge on any atom is -0.492 e. The molecule has 0 spiro atoms. The second-order valence-corrected chi connectivity index (χ2v) is 9.06. The van der Waals surface area contributed by atoms with Crippen LogP contribution in [0.2, 0.25) is 0 Å². The van der Waals surface area contributed by atoms with E-state index >= 15 is 0 Å². The molecule has 14 heteroatoms. The van der Waals surface area contributed by atoms with Gasteiger partial charge >= 0.3 is 0 Å². The van der Waals surface area contributed by atoms with Gasteiger partial charge in [0.05, 0.1) is 16.3 Å². The third-order valence-electron chi connectivity index (χ3n) is 4.17. The summed E-state index contributed by atoms with van der Waals surface area (Å²) in [5.41, 5.74) is 0.772. The fraction of sp³-hybridized carbons (Fsp3) is 0.118. The summed E-state index contributed by atoms with van der Waals surface area (Å²) in [6, 6.07) is 8.80. The fourth-order valence-corrected chi connectivity index (χ4v) is 3.72. The molecule has 0 unspecified atom stereocenters. The van der Waals surface area contributed by atoms with Crippen LogP contribution in [0, 0.1) is 6.92 Å². The highest BCUT2D eigenvalue weighted by Gasteiger charge is 2.19. The number of aromatic hydroxyl groups is 1. The first-order valence-electron chi connectivity index (χ1n) is 8.49. The molecule has 2 aromatic carbocycles. The van der Waals surface area contributed by atoms with Crippen molar-refractivity contribution in [1.82, 2.24) is 9.78 Å². The number of azo groups is 1. The molecule has 0 saturated heterocycles. The number of benzene rings is 2. The monoisotopic (exact) mass is 467 g/mol. The normalized spacial score (nSPS) is 12.4. The van der Waals surface area contributed by atoms with Crippen molar-refractivity contribution < 1.29 is 31.0 Å². The van der Waals surface area contributed by atoms with E-state index in [2.05, 4.69) is 20.6 Å². The zero-order chi connectivity index (χ0) is 23.0. The molecule has 0 aliphatic carbocycles. The van der Waals surface area contributed by atoms with E-state index in [4.69, 9.17) is 4.55 Å². The van der Waals surface area contributed by atoms with Crippen molar-refractivity contribution in [3.05, 3.63) is 48.2 Å². The third kappa shape index (κ3) is 4.72. The van der Waals surface area contributed by atoms with E-state index in [-0.39, 0.29) is 27.7 Å². The molecule has 1 aromatic heterocycles. The summed E-state index contributed by atoms with van der Waals surface area (Å²) < 4.78 is 65.0. The van der Waals surface area contributed by atoms with E-state index in [0.717, 1.165) is 22.9 Å². The van der Waals surface area contributed by atoms with Gasteiger partial charge in [0.2, 0.25) is 5.88 Å². The number of aryl methyl sites for hydroxylation is 1. The van der Waals surface area contributed by atoms with Crippen LogP contribution in [0.4, 0.5) is 17.1 Å². The minimum absolute atomic E-state index is 0.0741. The molecule has 3 rings (SSSR count). The van der Waals surface area contributed by atoms with Crippen LogP contribution < -0.4 is 5.32 Å². The summed E-state index contributed by atoms with van der Waals surface area (Å²) >= 11 is 0. The Bertz CT molecular complexity index is 1380. The number of rotatable bonds is 6. The largest absolute Gasteiger partial charge is 0.492 e. The Kier molecular flexibility index (Phi) is 5.82. The van der Waals surface area contributed by atoms with Gasteiger partial charge in [-0.05, 0) is 49.4 Å². The number of hydrogen-bond acceptors (Lipinski definition) is 9. The average Bonchev–Trinajstić information content (AvgIpc) is 2.98. The van der Waals surface area contributed by atoms with Gasteiger partial charge < -0.3 is 10.4 Å². The second-order valence-electron chi connectivity index (χ2n) is 6.25. The first kappa shape index (κ1) is 22.4. The highest BCUT2D eigenvalue weighted by atomic mass is 32.2. The molecule has 0 radical (unpaired) electrons. The predicted molar refractivity (Wildman–Crippen MR) is 110 cm³/mol. The Morgan fingerprint density at radius 1 is 0.968 bits per heavy atom. The molecule has 0 atom stereocenters. The molecule has 0 aliphatic heterocycles. The lowest BCUT2D eigenvalue weighted by molar-refractivity contribution is 0.434. The fourth-order valence-electron chi connectivity index (χ4n) is 2.64. The van der Waals surface area contributed by atoms with Gasteiger partial charge in [-0.25, -0.2) is 0 Å². The molecule has 1 heterocycles. The lowest BCUT2D eigenvalue weighted by Gasteiger charge is -2.05. The van der Waals surface area contributed by atoms with Gasteiger partial charge in [-0.3, -0.25) is 9.11 Å². The average molecular weight is 467 g/mol. The van der Waals surface area contributed by atoms with E-state index < -0.39 is 31.0 Å². The number of nitrogens with one attached hydrogen (secondary N) is 1. The zero-order valence-corrected chi connectivity index (χ0v) is 17.8. The van der Waals surface area contributed by atoms with Crippen LogP contribution in [0.25, 0.3) is 5.69 Å². The lowest BCUT2D eigenvalue weighted by Crippen LogP contribution is -2.00. The van der Waals surface area contributed by atoms with Gasteiger partial charge in [0.15, 0.2) is 5.69 Å². The Labute approximate surface area is 177 Å². The van der Waals surface area contributed by atoms with Crippen LogP contribution in [-0.2, 0) is 20.2 Å². The van der Waals surface area contributed by atoms with Crippen molar-refractivity contribution in [3.63, 3.8) is 0 Å². The van der Waals surface area contributed by atoms with E-state index in [0.29, 0.717) is 5.69 Å². The van der Waals surface area contributed by atoms with Gasteiger partial charge in [-0.1, -0.05) is 0 Å². The van der Waals surface area contributed by atoms with E-state index in [1.165, 1.54) is 31.2 Å². The molecule has 0 saturated carbocycles. The van der Waals surface area contributed by atoms with Gasteiger partial charge in [0, 0.05) is 12.7 Å². The molecule has 4 N–H and O–H groups in total. The molecule has 0 aliphatic rings. The molecule has 0 amide bonds. The number of nitrogens with zero attached hydrogens (tertiary/aromatic N) is 4. The number of aromatic nitrogens is 2. The van der Waals surface area contributed by atoms with E-state index in [9.17, 15) is 26.5 Å². The number of hydrogen-bond donors (Lipinski definition) is 4. The summed E-state index contributed by atoms with van der Waals surface area (Å²) in [4.78, 5) is -0.803. The summed E-state index contributed by atoms with van der Waals surface area (Å²) in [7, 11) is -7.34. The molecular formula is C17H17N5O7S2. The van der Waals surface area contributed by atoms with Crippen LogP contribution in [0.3, 0.4) is 0 Å². The van der Waals surface area contributed by atoms with Gasteiger partial charge in [0.1, 0.15) is 10.6 Å². The van der Waals surface area contributed by atoms with Gasteiger partial charge in [-0.2, -0.15) is 26.6 Å². The predicted octanol–water partition coefficient (Wildman–Crippen LogP) is 2.84. The maximum atomic E-state index is 11.6. The van der Waals surface area contributed by atoms with E-state index in [1.54, 1.807) is 7.05 Å². The highest BCUT2D eigenvalue weighted by molar-refractivity contribution is 7.86. The summed E-state index contributed by atoms with van der Waals surface area (Å²) in [6.45, 7) is 1.52. The Balaban J connectivity index is 2.04. The molecule has 0 bridgehead atoms. The summed E-state index contributed by atoms with van der Waals surface area (Å²) in [6.07, 6.45) is 0. The lowest BCUT2D eigenvalue weighted by atomic mass is 10.3. The summed E-state index contributed by atoms with van der Waals surface area (Å²) in [5, 5.41) is 25.1. The Morgan fingerprint density at radius 2 is 1.61 bits per heavy atom. The molecule has 0 fully saturated rings. The number of anilines is 1. The van der Waals surface area contributed by atoms with Crippen molar-refractivity contribution in [2.75, 3.05) is 12.4 Å². The molecule has 12 nitrogen and oxygen atoms in total. The quantitative estimate of drug-likeness (QED) is 0.312. The summed E-state index contributed by atoms with van der Waals surface area (Å²) in [5.74, 6) is -0.445. The second kappa shape index (κ2) is 8.07. The van der Waals surface area contributed by atoms with Crippen LogP contribution in [0.15, 0.2) is 62.5 Å². The maximum absolute atomic E-state index is 11.6. The Morgan fingerprint density at radius 3 is 2.16 bits per heavy atom. The minimum atomic E-state index is -4.57. The topological polar surface area (TPSA) is 184 Å². The highest BCUT2D eigenvalue weighted by Crippen LogP contribution is 2.35. The molecule has 3 aromatic rings. The third-order valence-corrected chi connectivity index (χ3v) is 5.94. The van der Waals surface area contributed by atoms with Crippen molar-refractivity contribution >= 4 is 37.3 Å². The van der Waals surface area contributed by atoms with E-state index in [1.807, 2.05) is 0 Å². The zero-order valence-electron chi connectivity index (χ0n) is 16.1. The first-order chi connectivity index (χ1) is 14.4. The molecular weight excluding hydrogens is 450 g/mol. The van der Waals surface area contributed by atoms with Crippen LogP contribution in [-0.4, -0.2) is 47.9 Å². The standard InChI is InChI=1S/C17H17N5O7S2/c1-10-16(20-19-14-9-11(18-2)3-8-15(14)31(27,28)29)17(23)22(21-10)12-4-6-13(7-5-12)30(24,25)26/h3-9,18,23H,1-2H3,(H,24,25,26)(H,27,28,29)/b20-19+. The molecule has 31 heavy (non-hydrogen) atoms. The van der Waals surface area contributed by atoms with Crippen LogP contribution in [0.5, 0.6) is 5.88 Å². The smallest absolute Gasteiger partial charge is 0.296 e. The maximum Gasteiger partial charge on any atom is 0.296 e. The molecule has 164 valence electrons. The first-order valence-corrected chi connectivity index (χ1v) is 11.4. The Hall–Kier alpha value is -3.33. The van der Waals surface area contributed by atoms with Crippen molar-refractivity contribution in [2.45, 2.75) is 16.7 Å². The SMILES string of the molecule is CNc1ccc(S(=O)(=O)O)c(/N=N/c2c(C)nn(-c3ccc(S(=O)(=O)O)cc3)c2O)c1. The van der Waals surface area contributed by atoms with Gasteiger partial charge in [-0.15, -0.1) is 10.2 Å². The van der Waals surface area contributed by atoms with Crippen molar-refractivity contribution in [3.8, 4) is 11.6 Å².